The summed E-state index contributed by atoms with van der Waals surface area (Å²) in [5, 5.41) is 12.0. The maximum absolute atomic E-state index is 9.62. The second-order valence-corrected chi connectivity index (χ2v) is 6.89. The number of benzene rings is 2. The van der Waals surface area contributed by atoms with Gasteiger partial charge in [0.25, 0.3) is 0 Å². The Morgan fingerprint density at radius 2 is 1.63 bits per heavy atom. The van der Waals surface area contributed by atoms with Crippen LogP contribution in [0.2, 0.25) is 0 Å². The maximum Gasteiger partial charge on any atom is 0.215 e. The molecule has 130 valence electrons. The Hall–Kier alpha value is -3.51. The van der Waals surface area contributed by atoms with Crippen LogP contribution in [0.3, 0.4) is 0 Å². The summed E-state index contributed by atoms with van der Waals surface area (Å²) in [6, 6.07) is 22.9. The lowest BCUT2D eigenvalue weighted by molar-refractivity contribution is -0.659. The normalized spacial score (nSPS) is 10.7. The molecule has 0 radical (unpaired) electrons. The van der Waals surface area contributed by atoms with Gasteiger partial charge in [-0.1, -0.05) is 24.3 Å². The van der Waals surface area contributed by atoms with E-state index in [0.717, 1.165) is 28.2 Å². The molecule has 4 aromatic rings. The molecule has 3 nitrogen and oxygen atoms in total. The van der Waals surface area contributed by atoms with E-state index >= 15 is 0 Å². The van der Waals surface area contributed by atoms with Gasteiger partial charge in [-0.15, -0.1) is 0 Å². The Balaban J connectivity index is 2.02. The summed E-state index contributed by atoms with van der Waals surface area (Å²) < 4.78 is 4.28. The van der Waals surface area contributed by atoms with Crippen LogP contribution >= 0.6 is 0 Å². The average Bonchev–Trinajstić information content (AvgIpc) is 2.68. The van der Waals surface area contributed by atoms with E-state index in [1.165, 1.54) is 10.8 Å². The average molecular weight is 351 g/mol. The smallest absolute Gasteiger partial charge is 0.200 e. The first kappa shape index (κ1) is 16.9. The molecule has 0 amide bonds. The van der Waals surface area contributed by atoms with E-state index in [2.05, 4.69) is 78.7 Å². The van der Waals surface area contributed by atoms with Crippen molar-refractivity contribution in [2.75, 3.05) is 0 Å². The summed E-state index contributed by atoms with van der Waals surface area (Å²) in [6.45, 7) is 4.20. The van der Waals surface area contributed by atoms with Crippen molar-refractivity contribution in [2.24, 2.45) is 7.05 Å². The third kappa shape index (κ3) is 2.96. The van der Waals surface area contributed by atoms with Crippen molar-refractivity contribution in [1.82, 2.24) is 0 Å². The summed E-state index contributed by atoms with van der Waals surface area (Å²) >= 11 is 0. The highest BCUT2D eigenvalue weighted by Gasteiger charge is 2.22. The van der Waals surface area contributed by atoms with Crippen molar-refractivity contribution in [3.8, 4) is 23.0 Å². The molecule has 0 fully saturated rings. The number of hydrogen-bond acceptors (Lipinski definition) is 1. The predicted octanol–water partition coefficient (Wildman–Crippen LogP) is 4.10. The van der Waals surface area contributed by atoms with Crippen LogP contribution in [-0.2, 0) is 7.05 Å². The van der Waals surface area contributed by atoms with Crippen molar-refractivity contribution in [2.45, 2.75) is 13.8 Å². The van der Waals surface area contributed by atoms with Crippen LogP contribution in [0.15, 0.2) is 73.1 Å². The molecular formula is C24H21N3+2. The van der Waals surface area contributed by atoms with E-state index in [1.54, 1.807) is 0 Å². The van der Waals surface area contributed by atoms with E-state index in [9.17, 15) is 5.26 Å². The van der Waals surface area contributed by atoms with Crippen molar-refractivity contribution in [1.29, 1.82) is 5.26 Å². The molecule has 0 atom stereocenters. The Morgan fingerprint density at radius 3 is 2.37 bits per heavy atom. The Kier molecular flexibility index (Phi) is 4.18. The van der Waals surface area contributed by atoms with Gasteiger partial charge in [-0.3, -0.25) is 0 Å². The van der Waals surface area contributed by atoms with Crippen LogP contribution < -0.4 is 9.13 Å². The fraction of sp³-hybridized carbons (Fsp3) is 0.125. The van der Waals surface area contributed by atoms with Crippen molar-refractivity contribution < 1.29 is 9.13 Å². The number of nitriles is 1. The van der Waals surface area contributed by atoms with Gasteiger partial charge in [0.2, 0.25) is 11.4 Å². The molecule has 27 heavy (non-hydrogen) atoms. The maximum atomic E-state index is 9.62. The highest BCUT2D eigenvalue weighted by molar-refractivity contribution is 5.84. The molecule has 3 heteroatoms. The number of hydrogen-bond donors (Lipinski definition) is 0. The van der Waals surface area contributed by atoms with Gasteiger partial charge in [-0.05, 0) is 24.4 Å². The lowest BCUT2D eigenvalue weighted by Crippen LogP contribution is -2.35. The number of rotatable bonds is 2. The van der Waals surface area contributed by atoms with Gasteiger partial charge in [-0.25, -0.2) is 4.57 Å². The number of aryl methyl sites for hydroxylation is 2. The first-order chi connectivity index (χ1) is 13.1. The third-order valence-corrected chi connectivity index (χ3v) is 5.11. The fourth-order valence-electron chi connectivity index (χ4n) is 3.63. The van der Waals surface area contributed by atoms with Gasteiger partial charge in [-0.2, -0.15) is 9.83 Å². The van der Waals surface area contributed by atoms with E-state index in [0.29, 0.717) is 5.56 Å². The minimum Gasteiger partial charge on any atom is -0.200 e. The lowest BCUT2D eigenvalue weighted by atomic mass is 9.98. The molecule has 0 aliphatic rings. The molecule has 2 aromatic carbocycles. The zero-order valence-electron chi connectivity index (χ0n) is 15.8. The summed E-state index contributed by atoms with van der Waals surface area (Å²) in [4.78, 5) is 0. The molecule has 0 bridgehead atoms. The van der Waals surface area contributed by atoms with Gasteiger partial charge < -0.3 is 0 Å². The molecule has 0 unspecified atom stereocenters. The molecule has 0 aliphatic carbocycles. The lowest BCUT2D eigenvalue weighted by Gasteiger charge is -2.09. The summed E-state index contributed by atoms with van der Waals surface area (Å²) in [7, 11) is 2.06. The molecule has 0 spiro atoms. The van der Waals surface area contributed by atoms with Crippen LogP contribution in [0.5, 0.6) is 0 Å². The molecule has 2 aromatic heterocycles. The van der Waals surface area contributed by atoms with Crippen LogP contribution in [-0.4, -0.2) is 0 Å². The Labute approximate surface area is 159 Å². The highest BCUT2D eigenvalue weighted by atomic mass is 15.0. The first-order valence-electron chi connectivity index (χ1n) is 8.99. The zero-order chi connectivity index (χ0) is 19.0. The van der Waals surface area contributed by atoms with E-state index < -0.39 is 0 Å². The SMILES string of the molecule is Cc1c(-c2cc3ccccc3c[n+]2C)cc(C#N)cc1-[n+]1ccccc1C. The van der Waals surface area contributed by atoms with Crippen molar-refractivity contribution in [3.63, 3.8) is 0 Å². The summed E-state index contributed by atoms with van der Waals surface area (Å²) in [5.74, 6) is 0. The van der Waals surface area contributed by atoms with E-state index in [4.69, 9.17) is 0 Å². The van der Waals surface area contributed by atoms with Gasteiger partial charge in [0.15, 0.2) is 18.1 Å². The third-order valence-electron chi connectivity index (χ3n) is 5.11. The topological polar surface area (TPSA) is 31.5 Å². The largest absolute Gasteiger partial charge is 0.215 e. The van der Waals surface area contributed by atoms with Crippen LogP contribution in [0, 0.1) is 25.2 Å². The molecule has 0 saturated heterocycles. The molecule has 2 heterocycles. The van der Waals surface area contributed by atoms with Gasteiger partial charge in [0.05, 0.1) is 17.2 Å². The second kappa shape index (κ2) is 6.66. The Morgan fingerprint density at radius 1 is 0.889 bits per heavy atom. The van der Waals surface area contributed by atoms with Gasteiger partial charge in [0, 0.05) is 42.1 Å². The van der Waals surface area contributed by atoms with Crippen LogP contribution in [0.25, 0.3) is 27.7 Å². The highest BCUT2D eigenvalue weighted by Crippen LogP contribution is 2.27. The van der Waals surface area contributed by atoms with E-state index in [-0.39, 0.29) is 0 Å². The van der Waals surface area contributed by atoms with E-state index in [1.807, 2.05) is 30.5 Å². The molecule has 0 saturated carbocycles. The van der Waals surface area contributed by atoms with Gasteiger partial charge >= 0.3 is 0 Å². The Bertz CT molecular complexity index is 1220. The molecule has 0 N–H and O–H groups in total. The predicted molar refractivity (Wildman–Crippen MR) is 106 cm³/mol. The monoisotopic (exact) mass is 351 g/mol. The zero-order valence-corrected chi connectivity index (χ0v) is 15.8. The standard InChI is InChI=1S/C24H21N3/c1-17-8-6-7-11-27(17)23-13-19(15-25)12-22(18(23)2)24-14-20-9-4-5-10-21(20)16-26(24)3/h4-14,16H,1-3H3/q+2. The second-order valence-electron chi connectivity index (χ2n) is 6.89. The summed E-state index contributed by atoms with van der Waals surface area (Å²) in [6.07, 6.45) is 4.19. The summed E-state index contributed by atoms with van der Waals surface area (Å²) in [5.41, 5.74) is 6.15. The minimum absolute atomic E-state index is 0.662. The van der Waals surface area contributed by atoms with Crippen LogP contribution in [0.1, 0.15) is 16.8 Å². The number of pyridine rings is 2. The molecular weight excluding hydrogens is 330 g/mol. The molecule has 0 aliphatic heterocycles. The fourth-order valence-corrected chi connectivity index (χ4v) is 3.63. The minimum atomic E-state index is 0.662. The number of nitrogens with zero attached hydrogens (tertiary/aromatic N) is 3. The number of aromatic nitrogens is 2. The van der Waals surface area contributed by atoms with Crippen LogP contribution in [0.4, 0.5) is 0 Å². The van der Waals surface area contributed by atoms with Crippen molar-refractivity contribution >= 4 is 10.8 Å². The number of fused-ring (bicyclic) bond motifs is 1. The molecule has 4 rings (SSSR count). The van der Waals surface area contributed by atoms with Crippen molar-refractivity contribution in [3.05, 3.63) is 89.9 Å². The quantitative estimate of drug-likeness (QED) is 0.500. The van der Waals surface area contributed by atoms with Gasteiger partial charge in [0.1, 0.15) is 7.05 Å². The first-order valence-corrected chi connectivity index (χ1v) is 8.99.